The predicted octanol–water partition coefficient (Wildman–Crippen LogP) is 16.4. The van der Waals surface area contributed by atoms with Crippen LogP contribution in [0.2, 0.25) is 0 Å². The van der Waals surface area contributed by atoms with Crippen LogP contribution in [0.15, 0.2) is 237 Å². The van der Waals surface area contributed by atoms with E-state index in [4.69, 9.17) is 0 Å². The van der Waals surface area contributed by atoms with Gasteiger partial charge in [-0.15, -0.1) is 11.3 Å². The summed E-state index contributed by atoms with van der Waals surface area (Å²) in [6, 6.07) is 87.1. The first-order chi connectivity index (χ1) is 30.3. The number of fused-ring (bicyclic) bond motifs is 8. The lowest BCUT2D eigenvalue weighted by Gasteiger charge is -2.34. The number of hydrogen-bond acceptors (Lipinski definition) is 2. The second kappa shape index (κ2) is 14.3. The van der Waals surface area contributed by atoms with Crippen LogP contribution in [0.25, 0.3) is 64.3 Å². The Morgan fingerprint density at radius 2 is 0.852 bits per heavy atom. The fourth-order valence-electron chi connectivity index (χ4n) is 10.0. The van der Waals surface area contributed by atoms with Gasteiger partial charge in [-0.1, -0.05) is 188 Å². The molecule has 0 aliphatic heterocycles. The minimum absolute atomic E-state index is 0.456. The lowest BCUT2D eigenvalue weighted by atomic mass is 9.67. The first kappa shape index (κ1) is 35.4. The van der Waals surface area contributed by atoms with Crippen molar-refractivity contribution in [1.82, 2.24) is 0 Å². The van der Waals surface area contributed by atoms with Crippen molar-refractivity contribution in [2.24, 2.45) is 0 Å². The highest BCUT2D eigenvalue weighted by Crippen LogP contribution is 2.57. The molecule has 286 valence electrons. The van der Waals surface area contributed by atoms with Crippen molar-refractivity contribution in [3.63, 3.8) is 0 Å². The zero-order valence-corrected chi connectivity index (χ0v) is 34.2. The van der Waals surface area contributed by atoms with E-state index in [2.05, 4.69) is 241 Å². The van der Waals surface area contributed by atoms with Crippen LogP contribution in [0.3, 0.4) is 0 Å². The molecular weight excluding hydrogens is 755 g/mol. The maximum Gasteiger partial charge on any atom is 0.0713 e. The summed E-state index contributed by atoms with van der Waals surface area (Å²) in [7, 11) is 0. The Hall–Kier alpha value is -7.52. The topological polar surface area (TPSA) is 3.24 Å². The van der Waals surface area contributed by atoms with Gasteiger partial charge >= 0.3 is 0 Å². The molecular formula is C59H39NS. The highest BCUT2D eigenvalue weighted by molar-refractivity contribution is 7.26. The van der Waals surface area contributed by atoms with E-state index in [0.717, 1.165) is 17.1 Å². The van der Waals surface area contributed by atoms with Gasteiger partial charge in [0.2, 0.25) is 0 Å². The largest absolute Gasteiger partial charge is 0.310 e. The molecule has 11 aromatic rings. The molecule has 1 aliphatic carbocycles. The minimum atomic E-state index is -0.456. The van der Waals surface area contributed by atoms with Gasteiger partial charge in [0.15, 0.2) is 0 Å². The quantitative estimate of drug-likeness (QED) is 0.155. The summed E-state index contributed by atoms with van der Waals surface area (Å²) in [5, 5.41) is 5.13. The van der Waals surface area contributed by atoms with Crippen LogP contribution >= 0.6 is 11.3 Å². The molecule has 61 heavy (non-hydrogen) atoms. The third-order valence-corrected chi connectivity index (χ3v) is 13.9. The second-order valence-corrected chi connectivity index (χ2v) is 17.1. The third kappa shape index (κ3) is 5.60. The van der Waals surface area contributed by atoms with Crippen LogP contribution in [-0.4, -0.2) is 0 Å². The predicted molar refractivity (Wildman–Crippen MR) is 260 cm³/mol. The van der Waals surface area contributed by atoms with Crippen LogP contribution in [0, 0.1) is 0 Å². The first-order valence-electron chi connectivity index (χ1n) is 21.0. The van der Waals surface area contributed by atoms with E-state index in [1.165, 1.54) is 86.6 Å². The Kier molecular flexibility index (Phi) is 8.33. The van der Waals surface area contributed by atoms with Crippen molar-refractivity contribution in [3.05, 3.63) is 259 Å². The Morgan fingerprint density at radius 1 is 0.311 bits per heavy atom. The van der Waals surface area contributed by atoms with Gasteiger partial charge in [-0.2, -0.15) is 0 Å². The Bertz CT molecular complexity index is 3350. The number of benzene rings is 10. The summed E-state index contributed by atoms with van der Waals surface area (Å²) in [5.74, 6) is 0. The molecule has 10 aromatic carbocycles. The molecule has 0 spiro atoms. The van der Waals surface area contributed by atoms with Gasteiger partial charge in [0, 0.05) is 42.6 Å². The van der Waals surface area contributed by atoms with E-state index in [0.29, 0.717) is 0 Å². The molecule has 0 saturated heterocycles. The van der Waals surface area contributed by atoms with Crippen molar-refractivity contribution in [3.8, 4) is 33.4 Å². The molecule has 1 aliphatic rings. The van der Waals surface area contributed by atoms with E-state index in [9.17, 15) is 0 Å². The molecule has 0 amide bonds. The van der Waals surface area contributed by atoms with E-state index in [1.807, 2.05) is 11.3 Å². The molecule has 0 atom stereocenters. The fourth-order valence-corrected chi connectivity index (χ4v) is 11.3. The van der Waals surface area contributed by atoms with Gasteiger partial charge in [0.25, 0.3) is 0 Å². The van der Waals surface area contributed by atoms with Crippen molar-refractivity contribution < 1.29 is 0 Å². The third-order valence-electron chi connectivity index (χ3n) is 12.7. The number of anilines is 3. The van der Waals surface area contributed by atoms with Gasteiger partial charge in [0.05, 0.1) is 5.41 Å². The van der Waals surface area contributed by atoms with Gasteiger partial charge in [0.1, 0.15) is 0 Å². The molecule has 0 N–H and O–H groups in total. The summed E-state index contributed by atoms with van der Waals surface area (Å²) in [6.07, 6.45) is 0. The molecule has 1 nitrogen and oxygen atoms in total. The van der Waals surface area contributed by atoms with E-state index in [1.54, 1.807) is 0 Å². The molecule has 0 fully saturated rings. The highest BCUT2D eigenvalue weighted by atomic mass is 32.1. The standard InChI is InChI=1S/C59H39NS/c1-5-17-40(18-6-1)41-29-32-46(33-30-41)60(45-23-11-4-12-24-45)47-34-36-51-54-39-53(48-25-13-14-27-52(48)58(54)61-57(51)38-47)42-31-35-50-49-26-15-16-28-55(49)59(56(50)37-42,43-19-7-2-8-20-43)44-21-9-3-10-22-44/h1-39H. The lowest BCUT2D eigenvalue weighted by molar-refractivity contribution is 0.769. The van der Waals surface area contributed by atoms with Crippen molar-refractivity contribution in [1.29, 1.82) is 0 Å². The average Bonchev–Trinajstić information content (AvgIpc) is 3.86. The number of para-hydroxylation sites is 1. The summed E-state index contributed by atoms with van der Waals surface area (Å²) < 4.78 is 2.59. The monoisotopic (exact) mass is 793 g/mol. The maximum atomic E-state index is 2.50. The van der Waals surface area contributed by atoms with Gasteiger partial charge in [-0.25, -0.2) is 0 Å². The van der Waals surface area contributed by atoms with Crippen LogP contribution in [-0.2, 0) is 5.41 Å². The fraction of sp³-hybridized carbons (Fsp3) is 0.0169. The Morgan fingerprint density at radius 3 is 1.57 bits per heavy atom. The van der Waals surface area contributed by atoms with Crippen LogP contribution < -0.4 is 4.90 Å². The summed E-state index contributed by atoms with van der Waals surface area (Å²) in [4.78, 5) is 2.37. The van der Waals surface area contributed by atoms with Crippen molar-refractivity contribution >= 4 is 59.3 Å². The summed E-state index contributed by atoms with van der Waals surface area (Å²) >= 11 is 1.90. The molecule has 2 heteroatoms. The Labute approximate surface area is 360 Å². The molecule has 0 radical (unpaired) electrons. The molecule has 1 heterocycles. The molecule has 0 unspecified atom stereocenters. The SMILES string of the molecule is c1ccc(-c2ccc(N(c3ccccc3)c3ccc4c(c3)sc3c5ccccc5c(-c5ccc6c(c5)C(c5ccccc5)(c5ccccc5)c5ccccc5-6)cc43)cc2)cc1. The van der Waals surface area contributed by atoms with Crippen molar-refractivity contribution in [2.75, 3.05) is 4.90 Å². The maximum absolute atomic E-state index is 2.50. The number of thiophene rings is 1. The summed E-state index contributed by atoms with van der Waals surface area (Å²) in [5.41, 5.74) is 15.6. The van der Waals surface area contributed by atoms with Crippen LogP contribution in [0.1, 0.15) is 22.3 Å². The van der Waals surface area contributed by atoms with E-state index >= 15 is 0 Å². The molecule has 0 bridgehead atoms. The smallest absolute Gasteiger partial charge is 0.0713 e. The normalized spacial score (nSPS) is 12.7. The number of nitrogens with zero attached hydrogens (tertiary/aromatic N) is 1. The van der Waals surface area contributed by atoms with Gasteiger partial charge < -0.3 is 4.90 Å². The Balaban J connectivity index is 1.04. The van der Waals surface area contributed by atoms with Crippen LogP contribution in [0.4, 0.5) is 17.1 Å². The first-order valence-corrected chi connectivity index (χ1v) is 21.8. The molecule has 12 rings (SSSR count). The molecule has 1 aromatic heterocycles. The lowest BCUT2D eigenvalue weighted by Crippen LogP contribution is -2.28. The zero-order chi connectivity index (χ0) is 40.3. The zero-order valence-electron chi connectivity index (χ0n) is 33.4. The van der Waals surface area contributed by atoms with Crippen molar-refractivity contribution in [2.45, 2.75) is 5.41 Å². The number of hydrogen-bond donors (Lipinski definition) is 0. The summed E-state index contributed by atoms with van der Waals surface area (Å²) in [6.45, 7) is 0. The number of rotatable bonds is 7. The highest BCUT2D eigenvalue weighted by Gasteiger charge is 2.46. The van der Waals surface area contributed by atoms with Gasteiger partial charge in [-0.3, -0.25) is 0 Å². The minimum Gasteiger partial charge on any atom is -0.310 e. The van der Waals surface area contributed by atoms with Gasteiger partial charge in [-0.05, 0) is 110 Å². The van der Waals surface area contributed by atoms with E-state index < -0.39 is 5.41 Å². The van der Waals surface area contributed by atoms with E-state index in [-0.39, 0.29) is 0 Å². The van der Waals surface area contributed by atoms with Crippen LogP contribution in [0.5, 0.6) is 0 Å². The average molecular weight is 794 g/mol. The molecule has 0 saturated carbocycles. The second-order valence-electron chi connectivity index (χ2n) is 16.0.